The fourth-order valence-electron chi connectivity index (χ4n) is 3.05. The highest BCUT2D eigenvalue weighted by atomic mass is 16.5. The summed E-state index contributed by atoms with van der Waals surface area (Å²) < 4.78 is 10.7. The maximum Gasteiger partial charge on any atom is 0.249 e. The highest BCUT2D eigenvalue weighted by molar-refractivity contribution is 5.78. The van der Waals surface area contributed by atoms with Crippen LogP contribution in [0.15, 0.2) is 28.8 Å². The SMILES string of the molecule is COc1cccc(CN2C(=O)CCC2c2nc(C3CC3)no2)c1. The van der Waals surface area contributed by atoms with E-state index in [2.05, 4.69) is 10.1 Å². The summed E-state index contributed by atoms with van der Waals surface area (Å²) in [6.45, 7) is 0.530. The van der Waals surface area contributed by atoms with Crippen molar-refractivity contribution in [1.82, 2.24) is 15.0 Å². The molecule has 1 aromatic carbocycles. The molecule has 0 N–H and O–H groups in total. The minimum atomic E-state index is -0.117. The number of carbonyl (C=O) groups excluding carboxylic acids is 1. The van der Waals surface area contributed by atoms with Gasteiger partial charge in [0.05, 0.1) is 7.11 Å². The largest absolute Gasteiger partial charge is 0.497 e. The van der Waals surface area contributed by atoms with Crippen LogP contribution in [0.25, 0.3) is 0 Å². The van der Waals surface area contributed by atoms with Crippen LogP contribution >= 0.6 is 0 Å². The summed E-state index contributed by atoms with van der Waals surface area (Å²) >= 11 is 0. The molecule has 2 fully saturated rings. The van der Waals surface area contributed by atoms with Gasteiger partial charge < -0.3 is 14.2 Å². The Morgan fingerprint density at radius 1 is 1.35 bits per heavy atom. The summed E-state index contributed by atoms with van der Waals surface area (Å²) in [5.74, 6) is 2.74. The van der Waals surface area contributed by atoms with Crippen molar-refractivity contribution in [2.45, 2.75) is 44.2 Å². The molecular weight excluding hydrogens is 294 g/mol. The summed E-state index contributed by atoms with van der Waals surface area (Å²) in [5.41, 5.74) is 1.03. The third-order valence-corrected chi connectivity index (χ3v) is 4.50. The molecular formula is C17H19N3O3. The Kier molecular flexibility index (Phi) is 3.52. The van der Waals surface area contributed by atoms with Crippen molar-refractivity contribution >= 4 is 5.91 Å². The predicted molar refractivity (Wildman–Crippen MR) is 81.8 cm³/mol. The highest BCUT2D eigenvalue weighted by Crippen LogP contribution is 2.40. The molecule has 1 unspecified atom stereocenters. The number of carbonyl (C=O) groups is 1. The van der Waals surface area contributed by atoms with Gasteiger partial charge in [-0.15, -0.1) is 0 Å². The maximum absolute atomic E-state index is 12.3. The summed E-state index contributed by atoms with van der Waals surface area (Å²) in [4.78, 5) is 18.6. The van der Waals surface area contributed by atoms with Crippen LogP contribution in [0.5, 0.6) is 5.75 Å². The van der Waals surface area contributed by atoms with E-state index in [4.69, 9.17) is 9.26 Å². The van der Waals surface area contributed by atoms with E-state index in [0.29, 0.717) is 24.8 Å². The Morgan fingerprint density at radius 2 is 2.22 bits per heavy atom. The van der Waals surface area contributed by atoms with Crippen molar-refractivity contribution in [3.8, 4) is 5.75 Å². The molecule has 2 heterocycles. The van der Waals surface area contributed by atoms with Crippen molar-refractivity contribution in [2.24, 2.45) is 0 Å². The van der Waals surface area contributed by atoms with Crippen LogP contribution in [0, 0.1) is 0 Å². The predicted octanol–water partition coefficient (Wildman–Crippen LogP) is 2.82. The molecule has 1 amide bonds. The fraction of sp³-hybridized carbons (Fsp3) is 0.471. The van der Waals surface area contributed by atoms with Crippen LogP contribution in [-0.2, 0) is 11.3 Å². The van der Waals surface area contributed by atoms with Gasteiger partial charge in [-0.3, -0.25) is 4.79 Å². The van der Waals surface area contributed by atoms with Gasteiger partial charge in [0.25, 0.3) is 0 Å². The number of methoxy groups -OCH3 is 1. The van der Waals surface area contributed by atoms with E-state index in [-0.39, 0.29) is 11.9 Å². The minimum absolute atomic E-state index is 0.117. The lowest BCUT2D eigenvalue weighted by molar-refractivity contribution is -0.130. The normalized spacial score (nSPS) is 21.0. The molecule has 120 valence electrons. The van der Waals surface area contributed by atoms with Crippen molar-refractivity contribution in [3.05, 3.63) is 41.5 Å². The molecule has 1 saturated heterocycles. The quantitative estimate of drug-likeness (QED) is 0.849. The molecule has 23 heavy (non-hydrogen) atoms. The monoisotopic (exact) mass is 313 g/mol. The average molecular weight is 313 g/mol. The first kappa shape index (κ1) is 14.2. The van der Waals surface area contributed by atoms with Crippen molar-refractivity contribution in [3.63, 3.8) is 0 Å². The van der Waals surface area contributed by atoms with E-state index in [1.807, 2.05) is 29.2 Å². The molecule has 1 atom stereocenters. The van der Waals surface area contributed by atoms with Gasteiger partial charge in [0.2, 0.25) is 11.8 Å². The maximum atomic E-state index is 12.3. The van der Waals surface area contributed by atoms with Gasteiger partial charge in [-0.05, 0) is 37.0 Å². The third-order valence-electron chi connectivity index (χ3n) is 4.50. The number of hydrogen-bond donors (Lipinski definition) is 0. The van der Waals surface area contributed by atoms with Crippen LogP contribution in [-0.4, -0.2) is 28.1 Å². The Labute approximate surface area is 134 Å². The number of amides is 1. The van der Waals surface area contributed by atoms with E-state index in [9.17, 15) is 4.79 Å². The topological polar surface area (TPSA) is 68.5 Å². The lowest BCUT2D eigenvalue weighted by atomic mass is 10.1. The molecule has 1 aliphatic carbocycles. The first-order valence-electron chi connectivity index (χ1n) is 8.00. The third kappa shape index (κ3) is 2.81. The smallest absolute Gasteiger partial charge is 0.249 e. The second kappa shape index (κ2) is 5.68. The Balaban J connectivity index is 1.55. The van der Waals surface area contributed by atoms with E-state index in [0.717, 1.165) is 36.4 Å². The summed E-state index contributed by atoms with van der Waals surface area (Å²) in [7, 11) is 1.64. The Hall–Kier alpha value is -2.37. The molecule has 0 spiro atoms. The average Bonchev–Trinajstić information content (AvgIpc) is 3.21. The molecule has 1 aromatic heterocycles. The van der Waals surface area contributed by atoms with Gasteiger partial charge in [-0.1, -0.05) is 17.3 Å². The van der Waals surface area contributed by atoms with Gasteiger partial charge in [-0.25, -0.2) is 0 Å². The molecule has 0 radical (unpaired) electrons. The summed E-state index contributed by atoms with van der Waals surface area (Å²) in [6.07, 6.45) is 3.52. The molecule has 0 bridgehead atoms. The Morgan fingerprint density at radius 3 is 3.00 bits per heavy atom. The van der Waals surface area contributed by atoms with Gasteiger partial charge >= 0.3 is 0 Å². The van der Waals surface area contributed by atoms with E-state index in [1.54, 1.807) is 7.11 Å². The minimum Gasteiger partial charge on any atom is -0.497 e. The number of nitrogens with zero attached hydrogens (tertiary/aromatic N) is 3. The highest BCUT2D eigenvalue weighted by Gasteiger charge is 2.37. The zero-order chi connectivity index (χ0) is 15.8. The van der Waals surface area contributed by atoms with Crippen LogP contribution in [0.3, 0.4) is 0 Å². The molecule has 6 nitrogen and oxygen atoms in total. The van der Waals surface area contributed by atoms with Crippen molar-refractivity contribution < 1.29 is 14.1 Å². The number of benzene rings is 1. The summed E-state index contributed by atoms with van der Waals surface area (Å²) in [5, 5.41) is 4.07. The molecule has 1 saturated carbocycles. The number of rotatable bonds is 5. The number of hydrogen-bond acceptors (Lipinski definition) is 5. The van der Waals surface area contributed by atoms with Crippen LogP contribution in [0.2, 0.25) is 0 Å². The van der Waals surface area contributed by atoms with Crippen molar-refractivity contribution in [2.75, 3.05) is 7.11 Å². The number of ether oxygens (including phenoxy) is 1. The van der Waals surface area contributed by atoms with Crippen LogP contribution in [0.1, 0.15) is 54.9 Å². The second-order valence-electron chi connectivity index (χ2n) is 6.19. The zero-order valence-corrected chi connectivity index (χ0v) is 13.1. The Bertz CT molecular complexity index is 723. The molecule has 2 aromatic rings. The molecule has 2 aliphatic rings. The lowest BCUT2D eigenvalue weighted by Crippen LogP contribution is -2.27. The first-order valence-corrected chi connectivity index (χ1v) is 8.00. The number of aromatic nitrogens is 2. The van der Waals surface area contributed by atoms with E-state index in [1.165, 1.54) is 0 Å². The first-order chi connectivity index (χ1) is 11.2. The zero-order valence-electron chi connectivity index (χ0n) is 13.1. The van der Waals surface area contributed by atoms with E-state index < -0.39 is 0 Å². The standard InChI is InChI=1S/C17H19N3O3/c1-22-13-4-2-3-11(9-13)10-20-14(7-8-15(20)21)17-18-16(19-23-17)12-5-6-12/h2-4,9,12,14H,5-8,10H2,1H3. The van der Waals surface area contributed by atoms with Crippen molar-refractivity contribution in [1.29, 1.82) is 0 Å². The van der Waals surface area contributed by atoms with Gasteiger partial charge in [0, 0.05) is 18.9 Å². The van der Waals surface area contributed by atoms with Gasteiger partial charge in [0.1, 0.15) is 11.8 Å². The second-order valence-corrected chi connectivity index (χ2v) is 6.19. The van der Waals surface area contributed by atoms with Crippen LogP contribution < -0.4 is 4.74 Å². The van der Waals surface area contributed by atoms with Gasteiger partial charge in [0.15, 0.2) is 5.82 Å². The van der Waals surface area contributed by atoms with Crippen LogP contribution in [0.4, 0.5) is 0 Å². The summed E-state index contributed by atoms with van der Waals surface area (Å²) in [6, 6.07) is 7.66. The number of likely N-dealkylation sites (tertiary alicyclic amines) is 1. The molecule has 1 aliphatic heterocycles. The van der Waals surface area contributed by atoms with E-state index >= 15 is 0 Å². The molecule has 6 heteroatoms. The fourth-order valence-corrected chi connectivity index (χ4v) is 3.05. The lowest BCUT2D eigenvalue weighted by Gasteiger charge is -2.22. The molecule has 4 rings (SSSR count). The van der Waals surface area contributed by atoms with Gasteiger partial charge in [-0.2, -0.15) is 4.98 Å².